The lowest BCUT2D eigenvalue weighted by Gasteiger charge is -2.30. The van der Waals surface area contributed by atoms with Gasteiger partial charge in [0.25, 0.3) is 0 Å². The molecule has 0 radical (unpaired) electrons. The van der Waals surface area contributed by atoms with E-state index in [1.807, 2.05) is 32.9 Å². The molecular formula is C19H30N2O3. The molecule has 0 aromatic heterocycles. The van der Waals surface area contributed by atoms with E-state index in [-0.39, 0.29) is 12.1 Å². The monoisotopic (exact) mass is 334 g/mol. The van der Waals surface area contributed by atoms with Crippen molar-refractivity contribution >= 4 is 6.09 Å². The Morgan fingerprint density at radius 1 is 1.08 bits per heavy atom. The first-order valence-corrected chi connectivity index (χ1v) is 8.71. The van der Waals surface area contributed by atoms with E-state index in [0.717, 1.165) is 38.0 Å². The maximum Gasteiger partial charge on any atom is 0.407 e. The molecule has 0 aliphatic heterocycles. The first-order chi connectivity index (χ1) is 11.4. The molecule has 1 aliphatic carbocycles. The summed E-state index contributed by atoms with van der Waals surface area (Å²) in [5, 5.41) is 6.58. The molecule has 2 N–H and O–H groups in total. The van der Waals surface area contributed by atoms with Crippen molar-refractivity contribution in [2.45, 2.75) is 70.7 Å². The number of benzene rings is 1. The fourth-order valence-electron chi connectivity index (χ4n) is 2.92. The van der Waals surface area contributed by atoms with Crippen LogP contribution in [0.15, 0.2) is 24.3 Å². The molecule has 0 saturated heterocycles. The van der Waals surface area contributed by atoms with E-state index in [4.69, 9.17) is 9.47 Å². The quantitative estimate of drug-likeness (QED) is 0.863. The lowest BCUT2D eigenvalue weighted by atomic mass is 9.91. The Bertz CT molecular complexity index is 514. The molecule has 1 aromatic carbocycles. The molecule has 5 nitrogen and oxygen atoms in total. The van der Waals surface area contributed by atoms with Gasteiger partial charge in [-0.1, -0.05) is 12.1 Å². The summed E-state index contributed by atoms with van der Waals surface area (Å²) in [6.45, 7) is 6.50. The Balaban J connectivity index is 1.68. The second-order valence-electron chi connectivity index (χ2n) is 7.42. The van der Waals surface area contributed by atoms with Crippen molar-refractivity contribution in [2.24, 2.45) is 0 Å². The van der Waals surface area contributed by atoms with Crippen LogP contribution in [-0.4, -0.2) is 30.9 Å². The van der Waals surface area contributed by atoms with E-state index in [9.17, 15) is 4.79 Å². The largest absolute Gasteiger partial charge is 0.497 e. The summed E-state index contributed by atoms with van der Waals surface area (Å²) in [4.78, 5) is 11.8. The van der Waals surface area contributed by atoms with Gasteiger partial charge in [-0.05, 0) is 64.2 Å². The second kappa shape index (κ2) is 8.38. The molecule has 0 bridgehead atoms. The summed E-state index contributed by atoms with van der Waals surface area (Å²) in [7, 11) is 1.68. The summed E-state index contributed by atoms with van der Waals surface area (Å²) < 4.78 is 10.5. The Hall–Kier alpha value is -1.75. The SMILES string of the molecule is COc1ccc(CN[C@H]2CC[C@H](NC(=O)OC(C)(C)C)CC2)cc1. The van der Waals surface area contributed by atoms with Gasteiger partial charge in [-0.25, -0.2) is 4.79 Å². The molecule has 1 saturated carbocycles. The van der Waals surface area contributed by atoms with E-state index in [1.54, 1.807) is 7.11 Å². The van der Waals surface area contributed by atoms with Gasteiger partial charge in [0.15, 0.2) is 0 Å². The number of alkyl carbamates (subject to hydrolysis) is 1. The number of amides is 1. The van der Waals surface area contributed by atoms with E-state index < -0.39 is 5.60 Å². The highest BCUT2D eigenvalue weighted by Gasteiger charge is 2.24. The van der Waals surface area contributed by atoms with E-state index >= 15 is 0 Å². The minimum atomic E-state index is -0.443. The standard InChI is InChI=1S/C19H30N2O3/c1-19(2,3)24-18(22)21-16-9-7-15(8-10-16)20-13-14-5-11-17(23-4)12-6-14/h5-6,11-12,15-16,20H,7-10,13H2,1-4H3,(H,21,22)/t15-,16-. The summed E-state index contributed by atoms with van der Waals surface area (Å²) in [6, 6.07) is 8.86. The average Bonchev–Trinajstić information content (AvgIpc) is 2.53. The van der Waals surface area contributed by atoms with Crippen molar-refractivity contribution in [3.05, 3.63) is 29.8 Å². The van der Waals surface area contributed by atoms with Crippen molar-refractivity contribution in [3.63, 3.8) is 0 Å². The molecule has 2 rings (SSSR count). The summed E-state index contributed by atoms with van der Waals surface area (Å²) in [6.07, 6.45) is 3.80. The van der Waals surface area contributed by atoms with Crippen molar-refractivity contribution in [2.75, 3.05) is 7.11 Å². The van der Waals surface area contributed by atoms with Crippen LogP contribution in [0.1, 0.15) is 52.0 Å². The summed E-state index contributed by atoms with van der Waals surface area (Å²) in [5.74, 6) is 0.882. The number of rotatable bonds is 5. The molecule has 0 atom stereocenters. The molecule has 5 heteroatoms. The number of hydrogen-bond acceptors (Lipinski definition) is 4. The number of carbonyl (C=O) groups is 1. The van der Waals surface area contributed by atoms with Gasteiger partial charge in [-0.2, -0.15) is 0 Å². The zero-order chi connectivity index (χ0) is 17.6. The normalized spacial score (nSPS) is 21.2. The smallest absolute Gasteiger partial charge is 0.407 e. The highest BCUT2D eigenvalue weighted by atomic mass is 16.6. The fraction of sp³-hybridized carbons (Fsp3) is 0.632. The van der Waals surface area contributed by atoms with Gasteiger partial charge in [0.05, 0.1) is 7.11 Å². The van der Waals surface area contributed by atoms with Crippen molar-refractivity contribution in [3.8, 4) is 5.75 Å². The van der Waals surface area contributed by atoms with Gasteiger partial charge < -0.3 is 20.1 Å². The number of hydrogen-bond donors (Lipinski definition) is 2. The minimum absolute atomic E-state index is 0.221. The predicted molar refractivity (Wildman–Crippen MR) is 95.2 cm³/mol. The van der Waals surface area contributed by atoms with E-state index in [1.165, 1.54) is 5.56 Å². The molecule has 1 aromatic rings. The second-order valence-corrected chi connectivity index (χ2v) is 7.42. The van der Waals surface area contributed by atoms with Crippen LogP contribution in [0.5, 0.6) is 5.75 Å². The average molecular weight is 334 g/mol. The van der Waals surface area contributed by atoms with Crippen molar-refractivity contribution < 1.29 is 14.3 Å². The molecule has 1 amide bonds. The molecule has 0 spiro atoms. The molecule has 1 fully saturated rings. The van der Waals surface area contributed by atoms with Crippen LogP contribution in [0.25, 0.3) is 0 Å². The Morgan fingerprint density at radius 2 is 1.67 bits per heavy atom. The van der Waals surface area contributed by atoms with Gasteiger partial charge in [0, 0.05) is 18.6 Å². The third kappa shape index (κ3) is 6.40. The minimum Gasteiger partial charge on any atom is -0.497 e. The third-order valence-electron chi connectivity index (χ3n) is 4.20. The molecular weight excluding hydrogens is 304 g/mol. The number of carbonyl (C=O) groups excluding carboxylic acids is 1. The van der Waals surface area contributed by atoms with Gasteiger partial charge in [0.2, 0.25) is 0 Å². The van der Waals surface area contributed by atoms with Crippen LogP contribution in [0, 0.1) is 0 Å². The van der Waals surface area contributed by atoms with E-state index in [0.29, 0.717) is 6.04 Å². The van der Waals surface area contributed by atoms with Crippen molar-refractivity contribution in [1.82, 2.24) is 10.6 Å². The van der Waals surface area contributed by atoms with Crippen LogP contribution in [0.3, 0.4) is 0 Å². The number of nitrogens with one attached hydrogen (secondary N) is 2. The first-order valence-electron chi connectivity index (χ1n) is 8.71. The Labute approximate surface area is 145 Å². The van der Waals surface area contributed by atoms with Crippen LogP contribution in [0.2, 0.25) is 0 Å². The van der Waals surface area contributed by atoms with Gasteiger partial charge in [0.1, 0.15) is 11.4 Å². The van der Waals surface area contributed by atoms with Crippen LogP contribution < -0.4 is 15.4 Å². The van der Waals surface area contributed by atoms with Crippen molar-refractivity contribution in [1.29, 1.82) is 0 Å². The third-order valence-corrected chi connectivity index (χ3v) is 4.20. The molecule has 24 heavy (non-hydrogen) atoms. The molecule has 134 valence electrons. The molecule has 1 aliphatic rings. The first kappa shape index (κ1) is 18.6. The van der Waals surface area contributed by atoms with Crippen LogP contribution >= 0.6 is 0 Å². The lowest BCUT2D eigenvalue weighted by Crippen LogP contribution is -2.43. The summed E-state index contributed by atoms with van der Waals surface area (Å²) >= 11 is 0. The topological polar surface area (TPSA) is 59.6 Å². The number of ether oxygens (including phenoxy) is 2. The Kier molecular flexibility index (Phi) is 6.49. The highest BCUT2D eigenvalue weighted by molar-refractivity contribution is 5.68. The fourth-order valence-corrected chi connectivity index (χ4v) is 2.92. The predicted octanol–water partition coefficient (Wildman–Crippen LogP) is 3.62. The van der Waals surface area contributed by atoms with Gasteiger partial charge in [-0.3, -0.25) is 0 Å². The van der Waals surface area contributed by atoms with E-state index in [2.05, 4.69) is 22.8 Å². The van der Waals surface area contributed by atoms with Gasteiger partial charge >= 0.3 is 6.09 Å². The van der Waals surface area contributed by atoms with Gasteiger partial charge in [-0.15, -0.1) is 0 Å². The Morgan fingerprint density at radius 3 is 2.21 bits per heavy atom. The summed E-state index contributed by atoms with van der Waals surface area (Å²) in [5.41, 5.74) is 0.811. The maximum absolute atomic E-state index is 11.8. The molecule has 0 heterocycles. The lowest BCUT2D eigenvalue weighted by molar-refractivity contribution is 0.0489. The highest BCUT2D eigenvalue weighted by Crippen LogP contribution is 2.20. The zero-order valence-corrected chi connectivity index (χ0v) is 15.2. The number of methoxy groups -OCH3 is 1. The van der Waals surface area contributed by atoms with Crippen LogP contribution in [0.4, 0.5) is 4.79 Å². The van der Waals surface area contributed by atoms with Crippen LogP contribution in [-0.2, 0) is 11.3 Å². The molecule has 0 unspecified atom stereocenters. The maximum atomic E-state index is 11.8. The zero-order valence-electron chi connectivity index (χ0n) is 15.2.